The molecule has 122 valence electrons. The molecule has 2 aromatic rings. The number of carbonyl (C=O) groups excluding carboxylic acids is 1. The van der Waals surface area contributed by atoms with Crippen molar-refractivity contribution in [1.29, 1.82) is 0 Å². The quantitative estimate of drug-likeness (QED) is 0.880. The van der Waals surface area contributed by atoms with Crippen LogP contribution >= 0.6 is 0 Å². The first-order chi connectivity index (χ1) is 11.2. The zero-order chi connectivity index (χ0) is 16.2. The van der Waals surface area contributed by atoms with Crippen LogP contribution in [0.15, 0.2) is 24.5 Å². The van der Waals surface area contributed by atoms with Crippen LogP contribution in [-0.4, -0.2) is 27.4 Å². The van der Waals surface area contributed by atoms with E-state index in [0.717, 1.165) is 24.2 Å². The van der Waals surface area contributed by atoms with Crippen molar-refractivity contribution in [2.45, 2.75) is 32.4 Å². The van der Waals surface area contributed by atoms with E-state index >= 15 is 0 Å². The second kappa shape index (κ2) is 6.68. The fourth-order valence-corrected chi connectivity index (χ4v) is 2.91. The predicted molar refractivity (Wildman–Crippen MR) is 85.0 cm³/mol. The topological polar surface area (TPSA) is 81.1 Å². The molecular weight excluding hydrogens is 294 g/mol. The summed E-state index contributed by atoms with van der Waals surface area (Å²) in [5, 5.41) is 9.82. The van der Waals surface area contributed by atoms with E-state index in [1.807, 2.05) is 19.1 Å². The van der Waals surface area contributed by atoms with Gasteiger partial charge in [-0.05, 0) is 37.0 Å². The molecule has 0 fully saturated rings. The van der Waals surface area contributed by atoms with Gasteiger partial charge in [0.15, 0.2) is 0 Å². The zero-order valence-electron chi connectivity index (χ0n) is 13.4. The minimum absolute atomic E-state index is 0.0184. The van der Waals surface area contributed by atoms with E-state index in [1.165, 1.54) is 11.9 Å². The van der Waals surface area contributed by atoms with Crippen LogP contribution in [0.3, 0.4) is 0 Å². The number of hydrogen-bond acceptors (Lipinski definition) is 4. The van der Waals surface area contributed by atoms with Crippen LogP contribution < -0.4 is 15.4 Å². The summed E-state index contributed by atoms with van der Waals surface area (Å²) < 4.78 is 7.30. The molecule has 1 aliphatic rings. The van der Waals surface area contributed by atoms with Gasteiger partial charge in [0.05, 0.1) is 19.2 Å². The lowest BCUT2D eigenvalue weighted by atomic mass is 10.1. The van der Waals surface area contributed by atoms with Crippen LogP contribution in [-0.2, 0) is 20.0 Å². The number of fused-ring (bicyclic) bond motifs is 1. The van der Waals surface area contributed by atoms with Crippen LogP contribution in [0.5, 0.6) is 5.75 Å². The van der Waals surface area contributed by atoms with Crippen LogP contribution in [0.1, 0.15) is 36.3 Å². The summed E-state index contributed by atoms with van der Waals surface area (Å²) in [6.45, 7) is 2.97. The summed E-state index contributed by atoms with van der Waals surface area (Å²) in [6.07, 6.45) is 3.27. The van der Waals surface area contributed by atoms with E-state index in [2.05, 4.69) is 26.8 Å². The molecule has 0 spiro atoms. The van der Waals surface area contributed by atoms with Crippen molar-refractivity contribution < 1.29 is 9.53 Å². The smallest absolute Gasteiger partial charge is 0.315 e. The first-order valence-electron chi connectivity index (χ1n) is 7.81. The Morgan fingerprint density at radius 1 is 1.48 bits per heavy atom. The van der Waals surface area contributed by atoms with Gasteiger partial charge in [-0.3, -0.25) is 4.68 Å². The number of carbonyl (C=O) groups is 1. The molecule has 7 nitrogen and oxygen atoms in total. The summed E-state index contributed by atoms with van der Waals surface area (Å²) in [6, 6.07) is 5.83. The molecule has 0 saturated carbocycles. The lowest BCUT2D eigenvalue weighted by Crippen LogP contribution is -2.37. The van der Waals surface area contributed by atoms with Crippen LogP contribution in [0, 0.1) is 0 Å². The number of hydrogen-bond donors (Lipinski definition) is 2. The van der Waals surface area contributed by atoms with Crippen molar-refractivity contribution in [2.75, 3.05) is 6.61 Å². The summed E-state index contributed by atoms with van der Waals surface area (Å²) >= 11 is 0. The van der Waals surface area contributed by atoms with Crippen molar-refractivity contribution in [3.63, 3.8) is 0 Å². The minimum atomic E-state index is -0.201. The van der Waals surface area contributed by atoms with Gasteiger partial charge in [0.1, 0.15) is 17.9 Å². The molecule has 1 aromatic carbocycles. The van der Waals surface area contributed by atoms with Crippen molar-refractivity contribution in [1.82, 2.24) is 25.4 Å². The van der Waals surface area contributed by atoms with Gasteiger partial charge in [-0.15, -0.1) is 0 Å². The van der Waals surface area contributed by atoms with Crippen molar-refractivity contribution >= 4 is 6.03 Å². The van der Waals surface area contributed by atoms with Crippen molar-refractivity contribution in [3.05, 3.63) is 41.5 Å². The molecule has 3 rings (SSSR count). The van der Waals surface area contributed by atoms with Gasteiger partial charge in [0, 0.05) is 7.05 Å². The number of aryl methyl sites for hydroxylation is 1. The van der Waals surface area contributed by atoms with Gasteiger partial charge in [-0.25, -0.2) is 9.78 Å². The van der Waals surface area contributed by atoms with Crippen molar-refractivity contribution in [2.24, 2.45) is 7.05 Å². The predicted octanol–water partition coefficient (Wildman–Crippen LogP) is 1.70. The summed E-state index contributed by atoms with van der Waals surface area (Å²) in [7, 11) is 1.80. The van der Waals surface area contributed by atoms with Crippen LogP contribution in [0.25, 0.3) is 0 Å². The van der Waals surface area contributed by atoms with E-state index in [9.17, 15) is 4.79 Å². The van der Waals surface area contributed by atoms with E-state index in [4.69, 9.17) is 4.74 Å². The number of urea groups is 1. The SMILES string of the molecule is CCOc1cccc2c1CCC2NC(=O)NCc1ncnn1C. The average Bonchev–Trinajstić information content (AvgIpc) is 3.13. The molecule has 0 radical (unpaired) electrons. The fraction of sp³-hybridized carbons (Fsp3) is 0.438. The molecular formula is C16H21N5O2. The highest BCUT2D eigenvalue weighted by atomic mass is 16.5. The monoisotopic (exact) mass is 315 g/mol. The maximum Gasteiger partial charge on any atom is 0.315 e. The number of nitrogens with one attached hydrogen (secondary N) is 2. The molecule has 2 N–H and O–H groups in total. The molecule has 0 saturated heterocycles. The highest BCUT2D eigenvalue weighted by molar-refractivity contribution is 5.74. The van der Waals surface area contributed by atoms with E-state index in [-0.39, 0.29) is 12.1 Å². The molecule has 2 amide bonds. The normalized spacial score (nSPS) is 16.0. The molecule has 1 aliphatic carbocycles. The number of ether oxygens (including phenoxy) is 1. The first-order valence-corrected chi connectivity index (χ1v) is 7.81. The number of rotatable bonds is 5. The van der Waals surface area contributed by atoms with Crippen molar-refractivity contribution in [3.8, 4) is 5.75 Å². The fourth-order valence-electron chi connectivity index (χ4n) is 2.91. The van der Waals surface area contributed by atoms with Crippen LogP contribution in [0.4, 0.5) is 4.79 Å². The lowest BCUT2D eigenvalue weighted by Gasteiger charge is -2.15. The maximum atomic E-state index is 12.1. The third kappa shape index (κ3) is 3.28. The highest BCUT2D eigenvalue weighted by Crippen LogP contribution is 2.36. The molecule has 0 aliphatic heterocycles. The Bertz CT molecular complexity index is 698. The largest absolute Gasteiger partial charge is 0.494 e. The minimum Gasteiger partial charge on any atom is -0.494 e. The average molecular weight is 315 g/mol. The summed E-state index contributed by atoms with van der Waals surface area (Å²) in [4.78, 5) is 16.2. The van der Waals surface area contributed by atoms with Gasteiger partial charge >= 0.3 is 6.03 Å². The molecule has 1 aromatic heterocycles. The number of aromatic nitrogens is 3. The number of benzene rings is 1. The third-order valence-corrected chi connectivity index (χ3v) is 4.05. The van der Waals surface area contributed by atoms with Crippen LogP contribution in [0.2, 0.25) is 0 Å². The third-order valence-electron chi connectivity index (χ3n) is 4.05. The molecule has 1 atom stereocenters. The molecule has 23 heavy (non-hydrogen) atoms. The summed E-state index contributed by atoms with van der Waals surface area (Å²) in [5.74, 6) is 1.64. The maximum absolute atomic E-state index is 12.1. The highest BCUT2D eigenvalue weighted by Gasteiger charge is 2.26. The Hall–Kier alpha value is -2.57. The standard InChI is InChI=1S/C16H21N5O2/c1-3-23-14-6-4-5-11-12(14)7-8-13(11)20-16(22)17-9-15-18-10-19-21(15)2/h4-6,10,13H,3,7-9H2,1-2H3,(H2,17,20,22). The number of nitrogens with zero attached hydrogens (tertiary/aromatic N) is 3. The van der Waals surface area contributed by atoms with Gasteiger partial charge in [-0.1, -0.05) is 12.1 Å². The second-order valence-electron chi connectivity index (χ2n) is 5.48. The second-order valence-corrected chi connectivity index (χ2v) is 5.48. The summed E-state index contributed by atoms with van der Waals surface area (Å²) in [5.41, 5.74) is 2.35. The zero-order valence-corrected chi connectivity index (χ0v) is 13.4. The number of amides is 2. The van der Waals surface area contributed by atoms with Gasteiger partial charge in [-0.2, -0.15) is 5.10 Å². The Morgan fingerprint density at radius 3 is 3.09 bits per heavy atom. The van der Waals surface area contributed by atoms with E-state index in [0.29, 0.717) is 19.0 Å². The Kier molecular flexibility index (Phi) is 4.45. The Labute approximate surface area is 135 Å². The molecule has 7 heteroatoms. The van der Waals surface area contributed by atoms with E-state index < -0.39 is 0 Å². The first kappa shape index (κ1) is 15.3. The van der Waals surface area contributed by atoms with Gasteiger partial charge in [0.25, 0.3) is 0 Å². The van der Waals surface area contributed by atoms with Gasteiger partial charge in [0.2, 0.25) is 0 Å². The Balaban J connectivity index is 1.61. The molecule has 1 heterocycles. The lowest BCUT2D eigenvalue weighted by molar-refractivity contribution is 0.236. The molecule has 1 unspecified atom stereocenters. The van der Waals surface area contributed by atoms with Gasteiger partial charge < -0.3 is 15.4 Å². The van der Waals surface area contributed by atoms with E-state index in [1.54, 1.807) is 11.7 Å². The molecule has 0 bridgehead atoms. The Morgan fingerprint density at radius 2 is 2.35 bits per heavy atom.